The van der Waals surface area contributed by atoms with Gasteiger partial charge in [-0.15, -0.1) is 0 Å². The predicted octanol–water partition coefficient (Wildman–Crippen LogP) is 3.27. The number of benzene rings is 1. The number of piperidine rings is 1. The molecule has 0 radical (unpaired) electrons. The van der Waals surface area contributed by atoms with Crippen LogP contribution < -0.4 is 0 Å². The Labute approximate surface area is 160 Å². The third-order valence-electron chi connectivity index (χ3n) is 5.48. The molecule has 27 heavy (non-hydrogen) atoms. The number of rotatable bonds is 4. The molecule has 2 fully saturated rings. The molecule has 1 saturated carbocycles. The van der Waals surface area contributed by atoms with Crippen LogP contribution in [0.5, 0.6) is 0 Å². The zero-order chi connectivity index (χ0) is 19.7. The Balaban J connectivity index is 1.54. The van der Waals surface area contributed by atoms with Crippen LogP contribution in [-0.4, -0.2) is 46.4 Å². The van der Waals surface area contributed by atoms with Crippen molar-refractivity contribution in [3.05, 3.63) is 35.9 Å². The summed E-state index contributed by atoms with van der Waals surface area (Å²) in [5.74, 6) is -0.322. The van der Waals surface area contributed by atoms with Crippen LogP contribution in [0.3, 0.4) is 0 Å². The third kappa shape index (κ3) is 4.26. The van der Waals surface area contributed by atoms with E-state index in [1.54, 1.807) is 4.90 Å². The summed E-state index contributed by atoms with van der Waals surface area (Å²) in [7, 11) is 0. The molecule has 1 saturated heterocycles. The smallest absolute Gasteiger partial charge is 0.410 e. The van der Waals surface area contributed by atoms with Crippen molar-refractivity contribution in [3.63, 3.8) is 0 Å². The average Bonchev–Trinajstić information content (AvgIpc) is 3.42. The third-order valence-corrected chi connectivity index (χ3v) is 5.48. The topological polar surface area (TPSA) is 76.1 Å². The second-order valence-corrected chi connectivity index (χ2v) is 8.64. The molecule has 148 valence electrons. The highest BCUT2D eigenvalue weighted by atomic mass is 16.6. The van der Waals surface area contributed by atoms with Gasteiger partial charge in [0.2, 0.25) is 0 Å². The van der Waals surface area contributed by atoms with Crippen molar-refractivity contribution in [2.75, 3.05) is 13.1 Å². The van der Waals surface area contributed by atoms with Crippen LogP contribution in [-0.2, 0) is 20.9 Å². The number of ether oxygens (including phenoxy) is 2. The van der Waals surface area contributed by atoms with Crippen molar-refractivity contribution in [1.29, 1.82) is 0 Å². The van der Waals surface area contributed by atoms with Crippen molar-refractivity contribution in [2.45, 2.75) is 64.3 Å². The average molecular weight is 375 g/mol. The van der Waals surface area contributed by atoms with Gasteiger partial charge in [0.15, 0.2) is 0 Å². The number of carbonyl (C=O) groups is 2. The van der Waals surface area contributed by atoms with E-state index >= 15 is 0 Å². The molecule has 6 heteroatoms. The second-order valence-electron chi connectivity index (χ2n) is 8.64. The van der Waals surface area contributed by atoms with Crippen LogP contribution in [0.4, 0.5) is 4.79 Å². The molecule has 0 spiro atoms. The van der Waals surface area contributed by atoms with Gasteiger partial charge >= 0.3 is 12.1 Å². The number of carbonyl (C=O) groups excluding carboxylic acids is 2. The molecule has 1 aliphatic heterocycles. The summed E-state index contributed by atoms with van der Waals surface area (Å²) in [5.41, 5.74) is -1.59. The van der Waals surface area contributed by atoms with E-state index in [0.29, 0.717) is 38.8 Å². The molecule has 1 heterocycles. The van der Waals surface area contributed by atoms with Gasteiger partial charge in [-0.05, 0) is 52.0 Å². The van der Waals surface area contributed by atoms with Gasteiger partial charge in [-0.25, -0.2) is 4.79 Å². The van der Waals surface area contributed by atoms with Crippen LogP contribution in [0.25, 0.3) is 0 Å². The van der Waals surface area contributed by atoms with Crippen LogP contribution in [0.2, 0.25) is 0 Å². The summed E-state index contributed by atoms with van der Waals surface area (Å²) >= 11 is 0. The standard InChI is InChI=1S/C21H29NO5/c1-19(2,3)27-17(23)20(9-10-20)21(25)11-13-22(14-12-21)18(24)26-15-16-7-5-4-6-8-16/h4-8,25H,9-15H2,1-3H3. The van der Waals surface area contributed by atoms with Gasteiger partial charge in [0.1, 0.15) is 12.2 Å². The molecule has 1 N–H and O–H groups in total. The summed E-state index contributed by atoms with van der Waals surface area (Å²) in [6, 6.07) is 9.51. The summed E-state index contributed by atoms with van der Waals surface area (Å²) in [6.07, 6.45) is 1.59. The number of hydrogen-bond donors (Lipinski definition) is 1. The van der Waals surface area contributed by atoms with Crippen LogP contribution in [0.15, 0.2) is 30.3 Å². The fourth-order valence-corrected chi connectivity index (χ4v) is 3.71. The van der Waals surface area contributed by atoms with Gasteiger partial charge in [-0.1, -0.05) is 30.3 Å². The Kier molecular flexibility index (Phi) is 5.21. The molecule has 1 amide bonds. The summed E-state index contributed by atoms with van der Waals surface area (Å²) in [6.45, 7) is 6.45. The first-order valence-electron chi connectivity index (χ1n) is 9.57. The SMILES string of the molecule is CC(C)(C)OC(=O)C1(C2(O)CCN(C(=O)OCc3ccccc3)CC2)CC1. The molecule has 6 nitrogen and oxygen atoms in total. The van der Waals surface area contributed by atoms with Crippen LogP contribution in [0, 0.1) is 5.41 Å². The molecule has 0 unspecified atom stereocenters. The van der Waals surface area contributed by atoms with E-state index in [9.17, 15) is 14.7 Å². The summed E-state index contributed by atoms with van der Waals surface area (Å²) < 4.78 is 10.9. The Morgan fingerprint density at radius 2 is 1.67 bits per heavy atom. The maximum Gasteiger partial charge on any atom is 0.410 e. The fourth-order valence-electron chi connectivity index (χ4n) is 3.71. The first kappa shape index (κ1) is 19.7. The number of aliphatic hydroxyl groups is 1. The quantitative estimate of drug-likeness (QED) is 0.818. The van der Waals surface area contributed by atoms with Gasteiger partial charge in [-0.3, -0.25) is 4.79 Å². The maximum atomic E-state index is 12.6. The predicted molar refractivity (Wildman–Crippen MR) is 99.9 cm³/mol. The Morgan fingerprint density at radius 1 is 1.07 bits per heavy atom. The first-order valence-corrected chi connectivity index (χ1v) is 9.57. The molecule has 1 aliphatic carbocycles. The number of esters is 1. The maximum absolute atomic E-state index is 12.6. The van der Waals surface area contributed by atoms with Crippen LogP contribution in [0.1, 0.15) is 52.0 Å². The molecular formula is C21H29NO5. The summed E-state index contributed by atoms with van der Waals surface area (Å²) in [5, 5.41) is 11.2. The van der Waals surface area contributed by atoms with E-state index in [4.69, 9.17) is 9.47 Å². The fraction of sp³-hybridized carbons (Fsp3) is 0.619. The molecule has 1 aromatic carbocycles. The van der Waals surface area contributed by atoms with E-state index in [-0.39, 0.29) is 18.7 Å². The molecule has 2 aliphatic rings. The monoisotopic (exact) mass is 375 g/mol. The first-order chi connectivity index (χ1) is 12.7. The van der Waals surface area contributed by atoms with Gasteiger partial charge in [0.25, 0.3) is 0 Å². The number of likely N-dealkylation sites (tertiary alicyclic amines) is 1. The largest absolute Gasteiger partial charge is 0.459 e. The van der Waals surface area contributed by atoms with Gasteiger partial charge in [0.05, 0.1) is 11.0 Å². The van der Waals surface area contributed by atoms with E-state index in [1.165, 1.54) is 0 Å². The lowest BCUT2D eigenvalue weighted by Crippen LogP contribution is -2.54. The molecule has 1 aromatic rings. The highest BCUT2D eigenvalue weighted by Crippen LogP contribution is 2.58. The highest BCUT2D eigenvalue weighted by Gasteiger charge is 2.65. The van der Waals surface area contributed by atoms with E-state index in [1.807, 2.05) is 51.1 Å². The van der Waals surface area contributed by atoms with Crippen molar-refractivity contribution >= 4 is 12.1 Å². The van der Waals surface area contributed by atoms with Crippen molar-refractivity contribution in [1.82, 2.24) is 4.90 Å². The lowest BCUT2D eigenvalue weighted by atomic mass is 9.76. The minimum atomic E-state index is -1.12. The highest BCUT2D eigenvalue weighted by molar-refractivity contribution is 5.82. The van der Waals surface area contributed by atoms with E-state index in [0.717, 1.165) is 5.56 Å². The lowest BCUT2D eigenvalue weighted by Gasteiger charge is -2.42. The zero-order valence-electron chi connectivity index (χ0n) is 16.4. The second kappa shape index (κ2) is 7.15. The molecular weight excluding hydrogens is 346 g/mol. The summed E-state index contributed by atoms with van der Waals surface area (Å²) in [4.78, 5) is 26.5. The Bertz CT molecular complexity index is 682. The molecule has 0 bridgehead atoms. The van der Waals surface area contributed by atoms with E-state index in [2.05, 4.69) is 0 Å². The zero-order valence-corrected chi connectivity index (χ0v) is 16.4. The van der Waals surface area contributed by atoms with Gasteiger partial charge < -0.3 is 19.5 Å². The Morgan fingerprint density at radius 3 is 2.19 bits per heavy atom. The van der Waals surface area contributed by atoms with Crippen molar-refractivity contribution in [2.24, 2.45) is 5.41 Å². The van der Waals surface area contributed by atoms with Crippen molar-refractivity contribution < 1.29 is 24.2 Å². The van der Waals surface area contributed by atoms with Gasteiger partial charge in [-0.2, -0.15) is 0 Å². The van der Waals surface area contributed by atoms with E-state index < -0.39 is 16.6 Å². The normalized spacial score (nSPS) is 20.7. The lowest BCUT2D eigenvalue weighted by molar-refractivity contribution is -0.177. The van der Waals surface area contributed by atoms with Crippen molar-refractivity contribution in [3.8, 4) is 0 Å². The molecule has 0 atom stereocenters. The number of hydrogen-bond acceptors (Lipinski definition) is 5. The minimum absolute atomic E-state index is 0.224. The minimum Gasteiger partial charge on any atom is -0.459 e. The van der Waals surface area contributed by atoms with Gasteiger partial charge in [0, 0.05) is 13.1 Å². The Hall–Kier alpha value is -2.08. The van der Waals surface area contributed by atoms with Crippen LogP contribution >= 0.6 is 0 Å². The molecule has 3 rings (SSSR count). The molecule has 0 aromatic heterocycles. The number of amides is 1. The number of nitrogens with zero attached hydrogens (tertiary/aromatic N) is 1.